The Morgan fingerprint density at radius 2 is 2.43 bits per heavy atom. The molecule has 1 amide bonds. The van der Waals surface area contributed by atoms with Crippen molar-refractivity contribution in [3.63, 3.8) is 0 Å². The molecule has 1 fully saturated rings. The molecule has 2 N–H and O–H groups in total. The Labute approximate surface area is 131 Å². The van der Waals surface area contributed by atoms with Crippen molar-refractivity contribution in [1.29, 1.82) is 5.26 Å². The molecule has 0 spiro atoms. The van der Waals surface area contributed by atoms with Crippen molar-refractivity contribution >= 4 is 27.9 Å². The lowest BCUT2D eigenvalue weighted by molar-refractivity contribution is -0.117. The van der Waals surface area contributed by atoms with Gasteiger partial charge in [-0.3, -0.25) is 4.79 Å². The number of hydrogen-bond acceptors (Lipinski definition) is 4. The number of benzene rings is 1. The summed E-state index contributed by atoms with van der Waals surface area (Å²) in [6.07, 6.45) is 3.30. The number of carbonyl (C=O) groups is 1. The Morgan fingerprint density at radius 1 is 1.62 bits per heavy atom. The third-order valence-corrected chi connectivity index (χ3v) is 3.66. The summed E-state index contributed by atoms with van der Waals surface area (Å²) in [5, 5.41) is 21.5. The zero-order chi connectivity index (χ0) is 15.2. The van der Waals surface area contributed by atoms with Gasteiger partial charge in [0.1, 0.15) is 17.4 Å². The van der Waals surface area contributed by atoms with Crippen molar-refractivity contribution in [3.8, 4) is 11.8 Å². The zero-order valence-corrected chi connectivity index (χ0v) is 12.9. The minimum atomic E-state index is -0.465. The Bertz CT molecular complexity index is 601. The highest BCUT2D eigenvalue weighted by molar-refractivity contribution is 9.10. The van der Waals surface area contributed by atoms with Crippen LogP contribution in [-0.4, -0.2) is 30.3 Å². The van der Waals surface area contributed by atoms with E-state index in [4.69, 9.17) is 10.00 Å². The van der Waals surface area contributed by atoms with Crippen LogP contribution in [0.1, 0.15) is 18.4 Å². The normalized spacial score (nSPS) is 18.3. The van der Waals surface area contributed by atoms with Gasteiger partial charge in [0.25, 0.3) is 5.91 Å². The molecule has 0 aromatic heterocycles. The van der Waals surface area contributed by atoms with Gasteiger partial charge in [0, 0.05) is 23.2 Å². The number of amides is 1. The molecule has 0 bridgehead atoms. The van der Waals surface area contributed by atoms with E-state index in [2.05, 4.69) is 21.2 Å². The van der Waals surface area contributed by atoms with E-state index in [0.717, 1.165) is 17.3 Å². The van der Waals surface area contributed by atoms with E-state index in [0.29, 0.717) is 18.7 Å². The van der Waals surface area contributed by atoms with Gasteiger partial charge in [0.05, 0.1) is 6.10 Å². The van der Waals surface area contributed by atoms with Gasteiger partial charge >= 0.3 is 0 Å². The molecule has 6 heteroatoms. The molecule has 0 radical (unpaired) electrons. The second-order valence-electron chi connectivity index (χ2n) is 4.72. The van der Waals surface area contributed by atoms with Gasteiger partial charge < -0.3 is 15.2 Å². The summed E-state index contributed by atoms with van der Waals surface area (Å²) in [6.45, 7) is 1.11. The fourth-order valence-corrected chi connectivity index (χ4v) is 2.43. The molecule has 1 atom stereocenters. The molecule has 2 rings (SSSR count). The number of phenols is 1. The molecule has 0 saturated carbocycles. The van der Waals surface area contributed by atoms with Crippen LogP contribution in [0, 0.1) is 11.3 Å². The van der Waals surface area contributed by atoms with Crippen LogP contribution in [0.4, 0.5) is 0 Å². The van der Waals surface area contributed by atoms with E-state index < -0.39 is 5.91 Å². The molecule has 1 unspecified atom stereocenters. The van der Waals surface area contributed by atoms with Crippen LogP contribution in [-0.2, 0) is 9.53 Å². The van der Waals surface area contributed by atoms with Gasteiger partial charge in [-0.1, -0.05) is 15.9 Å². The van der Waals surface area contributed by atoms with E-state index in [1.807, 2.05) is 6.07 Å². The quantitative estimate of drug-likeness (QED) is 0.645. The first-order chi connectivity index (χ1) is 10.1. The first-order valence-electron chi connectivity index (χ1n) is 6.60. The van der Waals surface area contributed by atoms with E-state index in [1.54, 1.807) is 12.1 Å². The van der Waals surface area contributed by atoms with Crippen LogP contribution in [0.25, 0.3) is 6.08 Å². The third-order valence-electron chi connectivity index (χ3n) is 3.17. The van der Waals surface area contributed by atoms with E-state index in [1.165, 1.54) is 12.1 Å². The van der Waals surface area contributed by atoms with Gasteiger partial charge in [0.15, 0.2) is 0 Å². The summed E-state index contributed by atoms with van der Waals surface area (Å²) in [4.78, 5) is 12.0. The summed E-state index contributed by atoms with van der Waals surface area (Å²) in [5.74, 6) is -0.453. The van der Waals surface area contributed by atoms with Crippen molar-refractivity contribution in [1.82, 2.24) is 5.32 Å². The van der Waals surface area contributed by atoms with Crippen LogP contribution in [0.15, 0.2) is 28.2 Å². The molecule has 1 aromatic carbocycles. The zero-order valence-electron chi connectivity index (χ0n) is 11.3. The summed E-state index contributed by atoms with van der Waals surface area (Å²) in [5.41, 5.74) is 0.356. The summed E-state index contributed by atoms with van der Waals surface area (Å²) >= 11 is 3.28. The Hall–Kier alpha value is -1.84. The summed E-state index contributed by atoms with van der Waals surface area (Å²) < 4.78 is 6.16. The monoisotopic (exact) mass is 350 g/mol. The predicted octanol–water partition coefficient (Wildman–Crippen LogP) is 2.36. The Kier molecular flexibility index (Phi) is 5.37. The molecule has 1 heterocycles. The van der Waals surface area contributed by atoms with Gasteiger partial charge in [0.2, 0.25) is 0 Å². The highest BCUT2D eigenvalue weighted by Gasteiger charge is 2.17. The van der Waals surface area contributed by atoms with Crippen molar-refractivity contribution in [2.24, 2.45) is 0 Å². The number of ether oxygens (including phenoxy) is 1. The van der Waals surface area contributed by atoms with E-state index in [-0.39, 0.29) is 17.4 Å². The first-order valence-corrected chi connectivity index (χ1v) is 7.39. The lowest BCUT2D eigenvalue weighted by atomic mass is 10.1. The van der Waals surface area contributed by atoms with Crippen molar-refractivity contribution in [2.45, 2.75) is 18.9 Å². The summed E-state index contributed by atoms with van der Waals surface area (Å²) in [6, 6.07) is 6.67. The molecule has 1 aliphatic heterocycles. The smallest absolute Gasteiger partial charge is 0.262 e. The summed E-state index contributed by atoms with van der Waals surface area (Å²) in [7, 11) is 0. The molecule has 1 aromatic rings. The minimum absolute atomic E-state index is 0.0119. The topological polar surface area (TPSA) is 82.3 Å². The largest absolute Gasteiger partial charge is 0.507 e. The molecular formula is C15H15BrN2O3. The Morgan fingerprint density at radius 3 is 3.10 bits per heavy atom. The number of hydrogen-bond donors (Lipinski definition) is 2. The van der Waals surface area contributed by atoms with Crippen molar-refractivity contribution in [3.05, 3.63) is 33.8 Å². The number of nitrogens with one attached hydrogen (secondary N) is 1. The molecular weight excluding hydrogens is 336 g/mol. The van der Waals surface area contributed by atoms with Crippen molar-refractivity contribution in [2.75, 3.05) is 13.2 Å². The first kappa shape index (κ1) is 15.5. The predicted molar refractivity (Wildman–Crippen MR) is 81.4 cm³/mol. The fraction of sp³-hybridized carbons (Fsp3) is 0.333. The molecule has 1 aliphatic rings. The maximum atomic E-state index is 12.0. The van der Waals surface area contributed by atoms with Crippen LogP contribution in [0.3, 0.4) is 0 Å². The number of halogens is 1. The number of phenolic OH excluding ortho intramolecular Hbond substituents is 1. The van der Waals surface area contributed by atoms with E-state index in [9.17, 15) is 9.90 Å². The van der Waals surface area contributed by atoms with Crippen LogP contribution in [0.5, 0.6) is 5.75 Å². The maximum Gasteiger partial charge on any atom is 0.262 e. The highest BCUT2D eigenvalue weighted by Crippen LogP contribution is 2.24. The van der Waals surface area contributed by atoms with Crippen LogP contribution >= 0.6 is 15.9 Å². The second kappa shape index (κ2) is 7.25. The van der Waals surface area contributed by atoms with Crippen LogP contribution < -0.4 is 5.32 Å². The number of nitriles is 1. The third kappa shape index (κ3) is 4.31. The standard InChI is InChI=1S/C15H15BrN2O3/c16-12-3-4-14(19)10(7-12)6-11(8-17)15(20)18-9-13-2-1-5-21-13/h3-4,6-7,13,19H,1-2,5,9H2,(H,18,20)/b11-6+. The van der Waals surface area contributed by atoms with Crippen molar-refractivity contribution < 1.29 is 14.6 Å². The number of nitrogens with zero attached hydrogens (tertiary/aromatic N) is 1. The maximum absolute atomic E-state index is 12.0. The van der Waals surface area contributed by atoms with Crippen LogP contribution in [0.2, 0.25) is 0 Å². The SMILES string of the molecule is N#C/C(=C\c1cc(Br)ccc1O)C(=O)NCC1CCCO1. The number of aromatic hydroxyl groups is 1. The average Bonchev–Trinajstić information content (AvgIpc) is 2.99. The van der Waals surface area contributed by atoms with Gasteiger partial charge in [-0.05, 0) is 37.1 Å². The van der Waals surface area contributed by atoms with Gasteiger partial charge in [-0.2, -0.15) is 5.26 Å². The number of rotatable bonds is 4. The minimum Gasteiger partial charge on any atom is -0.507 e. The van der Waals surface area contributed by atoms with Gasteiger partial charge in [-0.15, -0.1) is 0 Å². The fourth-order valence-electron chi connectivity index (χ4n) is 2.05. The second-order valence-corrected chi connectivity index (χ2v) is 5.63. The Balaban J connectivity index is 2.07. The molecule has 21 heavy (non-hydrogen) atoms. The average molecular weight is 351 g/mol. The molecule has 0 aliphatic carbocycles. The highest BCUT2D eigenvalue weighted by atomic mass is 79.9. The lowest BCUT2D eigenvalue weighted by Crippen LogP contribution is -2.32. The van der Waals surface area contributed by atoms with Gasteiger partial charge in [-0.25, -0.2) is 0 Å². The number of carbonyl (C=O) groups excluding carboxylic acids is 1. The van der Waals surface area contributed by atoms with E-state index >= 15 is 0 Å². The molecule has 110 valence electrons. The molecule has 5 nitrogen and oxygen atoms in total. The lowest BCUT2D eigenvalue weighted by Gasteiger charge is -2.10. The molecule has 1 saturated heterocycles.